The van der Waals surface area contributed by atoms with Gasteiger partial charge in [0.25, 0.3) is 0 Å². The van der Waals surface area contributed by atoms with Crippen LogP contribution in [0.1, 0.15) is 44.7 Å². The van der Waals surface area contributed by atoms with Crippen LogP contribution in [-0.2, 0) is 17.6 Å². The average Bonchev–Trinajstić information content (AvgIpc) is 3.41. The van der Waals surface area contributed by atoms with Crippen molar-refractivity contribution in [2.24, 2.45) is 5.92 Å². The molecule has 3 rings (SSSR count). The van der Waals surface area contributed by atoms with Gasteiger partial charge in [-0.3, -0.25) is 4.79 Å². The van der Waals surface area contributed by atoms with Gasteiger partial charge in [-0.15, -0.1) is 10.2 Å². The second-order valence-corrected chi connectivity index (χ2v) is 8.84. The zero-order chi connectivity index (χ0) is 18.5. The van der Waals surface area contributed by atoms with E-state index in [0.29, 0.717) is 11.7 Å². The minimum Gasteiger partial charge on any atom is -0.353 e. The molecule has 0 spiro atoms. The third-order valence-electron chi connectivity index (χ3n) is 4.68. The lowest BCUT2D eigenvalue weighted by Gasteiger charge is -2.13. The first-order valence-electron chi connectivity index (χ1n) is 9.24. The number of aromatic nitrogens is 2. The summed E-state index contributed by atoms with van der Waals surface area (Å²) in [5, 5.41) is 15.7. The number of hydrogen-bond acceptors (Lipinski definition) is 6. The highest BCUT2D eigenvalue weighted by molar-refractivity contribution is 8.01. The van der Waals surface area contributed by atoms with Gasteiger partial charge in [0.05, 0.1) is 5.75 Å². The van der Waals surface area contributed by atoms with Crippen LogP contribution in [0.25, 0.3) is 0 Å². The molecule has 26 heavy (non-hydrogen) atoms. The SMILES string of the molecule is CCc1cccc(CC)c1Nc1nnc(SCC(=O)NC(C)C2CC2)s1. The summed E-state index contributed by atoms with van der Waals surface area (Å²) >= 11 is 2.94. The summed E-state index contributed by atoms with van der Waals surface area (Å²) in [6.45, 7) is 6.40. The average molecular weight is 391 g/mol. The number of nitrogens with one attached hydrogen (secondary N) is 2. The van der Waals surface area contributed by atoms with Crippen LogP contribution in [0.3, 0.4) is 0 Å². The molecule has 1 saturated carbocycles. The van der Waals surface area contributed by atoms with E-state index in [0.717, 1.165) is 28.0 Å². The summed E-state index contributed by atoms with van der Waals surface area (Å²) in [5.74, 6) is 1.13. The molecule has 2 aromatic rings. The maximum atomic E-state index is 12.0. The van der Waals surface area contributed by atoms with E-state index in [9.17, 15) is 4.79 Å². The maximum absolute atomic E-state index is 12.0. The molecule has 0 bridgehead atoms. The predicted octanol–water partition coefficient (Wildman–Crippen LogP) is 4.41. The summed E-state index contributed by atoms with van der Waals surface area (Å²) in [7, 11) is 0. The Hall–Kier alpha value is -1.60. The summed E-state index contributed by atoms with van der Waals surface area (Å²) in [6.07, 6.45) is 4.41. The van der Waals surface area contributed by atoms with Crippen molar-refractivity contribution in [2.75, 3.05) is 11.1 Å². The summed E-state index contributed by atoms with van der Waals surface area (Å²) in [4.78, 5) is 12.0. The molecular weight excluding hydrogens is 364 g/mol. The third-order valence-corrected chi connectivity index (χ3v) is 6.65. The topological polar surface area (TPSA) is 66.9 Å². The molecule has 0 saturated heterocycles. The molecule has 1 aromatic carbocycles. The summed E-state index contributed by atoms with van der Waals surface area (Å²) < 4.78 is 0.814. The number of carbonyl (C=O) groups excluding carboxylic acids is 1. The highest BCUT2D eigenvalue weighted by atomic mass is 32.2. The molecule has 1 amide bonds. The van der Waals surface area contributed by atoms with E-state index in [2.05, 4.69) is 59.8 Å². The zero-order valence-corrected chi connectivity index (χ0v) is 17.2. The van der Waals surface area contributed by atoms with Gasteiger partial charge in [-0.05, 0) is 49.7 Å². The van der Waals surface area contributed by atoms with E-state index < -0.39 is 0 Å². The first-order chi connectivity index (χ1) is 12.6. The molecule has 1 aliphatic rings. The molecule has 1 fully saturated rings. The number of carbonyl (C=O) groups is 1. The number of rotatable bonds is 9. The minimum atomic E-state index is 0.0729. The molecule has 0 aliphatic heterocycles. The minimum absolute atomic E-state index is 0.0729. The van der Waals surface area contributed by atoms with Gasteiger partial charge in [0.15, 0.2) is 4.34 Å². The van der Waals surface area contributed by atoms with E-state index in [1.807, 2.05) is 0 Å². The number of aryl methyl sites for hydroxylation is 2. The highest BCUT2D eigenvalue weighted by Crippen LogP contribution is 2.33. The number of para-hydroxylation sites is 1. The van der Waals surface area contributed by atoms with E-state index >= 15 is 0 Å². The Morgan fingerprint density at radius 2 is 1.96 bits per heavy atom. The lowest BCUT2D eigenvalue weighted by molar-refractivity contribution is -0.119. The number of hydrogen-bond donors (Lipinski definition) is 2. The predicted molar refractivity (Wildman–Crippen MR) is 109 cm³/mol. The van der Waals surface area contributed by atoms with Crippen LogP contribution in [0, 0.1) is 5.92 Å². The van der Waals surface area contributed by atoms with Crippen molar-refractivity contribution in [1.29, 1.82) is 0 Å². The van der Waals surface area contributed by atoms with Crippen molar-refractivity contribution in [1.82, 2.24) is 15.5 Å². The molecule has 1 unspecified atom stereocenters. The normalized spacial score (nSPS) is 14.9. The van der Waals surface area contributed by atoms with E-state index in [1.165, 1.54) is 47.1 Å². The van der Waals surface area contributed by atoms with Crippen LogP contribution in [-0.4, -0.2) is 27.9 Å². The standard InChI is InChI=1S/C19H26N4OS2/c1-4-13-7-6-8-14(5-2)17(13)21-18-22-23-19(26-18)25-11-16(24)20-12(3)15-9-10-15/h6-8,12,15H,4-5,9-11H2,1-3H3,(H,20,24)(H,21,22). The smallest absolute Gasteiger partial charge is 0.230 e. The Morgan fingerprint density at radius 1 is 1.27 bits per heavy atom. The van der Waals surface area contributed by atoms with Crippen LogP contribution < -0.4 is 10.6 Å². The molecule has 0 radical (unpaired) electrons. The molecule has 1 aliphatic carbocycles. The molecule has 1 atom stereocenters. The lowest BCUT2D eigenvalue weighted by Crippen LogP contribution is -2.35. The first-order valence-corrected chi connectivity index (χ1v) is 11.0. The number of benzene rings is 1. The molecule has 140 valence electrons. The van der Waals surface area contributed by atoms with Crippen molar-refractivity contribution in [3.8, 4) is 0 Å². The quantitative estimate of drug-likeness (QED) is 0.621. The second-order valence-electron chi connectivity index (χ2n) is 6.64. The Bertz CT molecular complexity index is 735. The monoisotopic (exact) mass is 390 g/mol. The lowest BCUT2D eigenvalue weighted by atomic mass is 10.0. The maximum Gasteiger partial charge on any atom is 0.230 e. The van der Waals surface area contributed by atoms with Gasteiger partial charge in [-0.25, -0.2) is 0 Å². The molecular formula is C19H26N4OS2. The van der Waals surface area contributed by atoms with E-state index in [-0.39, 0.29) is 11.9 Å². The molecule has 7 heteroatoms. The van der Waals surface area contributed by atoms with Gasteiger partial charge >= 0.3 is 0 Å². The van der Waals surface area contributed by atoms with Crippen LogP contribution in [0.15, 0.2) is 22.5 Å². The van der Waals surface area contributed by atoms with Crippen molar-refractivity contribution < 1.29 is 4.79 Å². The van der Waals surface area contributed by atoms with Crippen molar-refractivity contribution in [3.05, 3.63) is 29.3 Å². The van der Waals surface area contributed by atoms with Crippen LogP contribution in [0.2, 0.25) is 0 Å². The Labute approximate surface area is 163 Å². The van der Waals surface area contributed by atoms with Crippen LogP contribution >= 0.6 is 23.1 Å². The van der Waals surface area contributed by atoms with Gasteiger partial charge in [-0.1, -0.05) is 55.1 Å². The fourth-order valence-corrected chi connectivity index (χ4v) is 4.53. The van der Waals surface area contributed by atoms with Gasteiger partial charge in [0.2, 0.25) is 11.0 Å². The third kappa shape index (κ3) is 4.98. The van der Waals surface area contributed by atoms with Crippen molar-refractivity contribution in [2.45, 2.75) is 56.8 Å². The molecule has 1 heterocycles. The van der Waals surface area contributed by atoms with Gasteiger partial charge < -0.3 is 10.6 Å². The number of anilines is 2. The second kappa shape index (κ2) is 8.86. The number of nitrogens with zero attached hydrogens (tertiary/aromatic N) is 2. The summed E-state index contributed by atoms with van der Waals surface area (Å²) in [6, 6.07) is 6.67. The Kier molecular flexibility index (Phi) is 6.53. The van der Waals surface area contributed by atoms with E-state index in [1.54, 1.807) is 0 Å². The molecule has 2 N–H and O–H groups in total. The van der Waals surface area contributed by atoms with Crippen LogP contribution in [0.4, 0.5) is 10.8 Å². The largest absolute Gasteiger partial charge is 0.353 e. The van der Waals surface area contributed by atoms with Gasteiger partial charge in [-0.2, -0.15) is 0 Å². The Balaban J connectivity index is 1.57. The fraction of sp³-hybridized carbons (Fsp3) is 0.526. The molecule has 5 nitrogen and oxygen atoms in total. The molecule has 1 aromatic heterocycles. The number of amides is 1. The fourth-order valence-electron chi connectivity index (χ4n) is 2.97. The summed E-state index contributed by atoms with van der Waals surface area (Å²) in [5.41, 5.74) is 3.70. The van der Waals surface area contributed by atoms with Crippen LogP contribution in [0.5, 0.6) is 0 Å². The number of thioether (sulfide) groups is 1. The first kappa shape index (κ1) is 19.2. The van der Waals surface area contributed by atoms with E-state index in [4.69, 9.17) is 0 Å². The highest BCUT2D eigenvalue weighted by Gasteiger charge is 2.28. The van der Waals surface area contributed by atoms with Gasteiger partial charge in [0.1, 0.15) is 0 Å². The zero-order valence-electron chi connectivity index (χ0n) is 15.5. The van der Waals surface area contributed by atoms with Crippen molar-refractivity contribution >= 4 is 39.8 Å². The van der Waals surface area contributed by atoms with Crippen molar-refractivity contribution in [3.63, 3.8) is 0 Å². The van der Waals surface area contributed by atoms with Gasteiger partial charge in [0, 0.05) is 11.7 Å². The Morgan fingerprint density at radius 3 is 2.58 bits per heavy atom.